The van der Waals surface area contributed by atoms with Gasteiger partial charge in [0.15, 0.2) is 0 Å². The molecule has 0 spiro atoms. The van der Waals surface area contributed by atoms with Crippen molar-refractivity contribution in [3.05, 3.63) is 18.0 Å². The summed E-state index contributed by atoms with van der Waals surface area (Å²) in [6, 6.07) is -0.264. The molecule has 0 radical (unpaired) electrons. The number of carboxylic acid groups (broad SMARTS) is 1. The highest BCUT2D eigenvalue weighted by atomic mass is 16.5. The van der Waals surface area contributed by atoms with Gasteiger partial charge in [-0.1, -0.05) is 0 Å². The molecule has 2 rings (SSSR count). The Kier molecular flexibility index (Phi) is 3.00. The largest absolute Gasteiger partial charge is 0.481 e. The highest BCUT2D eigenvalue weighted by molar-refractivity contribution is 5.72. The van der Waals surface area contributed by atoms with Crippen molar-refractivity contribution in [1.82, 2.24) is 9.97 Å². The van der Waals surface area contributed by atoms with E-state index in [0.717, 1.165) is 5.56 Å². The zero-order chi connectivity index (χ0) is 11.5. The lowest BCUT2D eigenvalue weighted by Gasteiger charge is -2.15. The molecule has 16 heavy (non-hydrogen) atoms. The number of hydrogen-bond donors (Lipinski definition) is 2. The lowest BCUT2D eigenvalue weighted by molar-refractivity contribution is -0.141. The fourth-order valence-electron chi connectivity index (χ4n) is 1.57. The topological polar surface area (TPSA) is 84.3 Å². The molecule has 0 aliphatic carbocycles. The number of aryl methyl sites for hydroxylation is 1. The van der Waals surface area contributed by atoms with Gasteiger partial charge >= 0.3 is 5.97 Å². The molecule has 1 aromatic heterocycles. The van der Waals surface area contributed by atoms with E-state index in [1.807, 2.05) is 6.92 Å². The second kappa shape index (κ2) is 4.44. The molecule has 2 N–H and O–H groups in total. The first-order valence-electron chi connectivity index (χ1n) is 5.02. The van der Waals surface area contributed by atoms with Crippen LogP contribution in [-0.4, -0.2) is 40.3 Å². The summed E-state index contributed by atoms with van der Waals surface area (Å²) in [6.45, 7) is 2.50. The lowest BCUT2D eigenvalue weighted by atomic mass is 10.0. The van der Waals surface area contributed by atoms with E-state index in [4.69, 9.17) is 9.84 Å². The van der Waals surface area contributed by atoms with Crippen molar-refractivity contribution < 1.29 is 14.6 Å². The Bertz CT molecular complexity index is 379. The number of ether oxygens (including phenoxy) is 1. The number of anilines is 1. The average Bonchev–Trinajstić information content (AvgIpc) is 2.69. The highest BCUT2D eigenvalue weighted by Crippen LogP contribution is 2.17. The molecule has 1 fully saturated rings. The fraction of sp³-hybridized carbons (Fsp3) is 0.500. The molecule has 2 atom stereocenters. The maximum Gasteiger partial charge on any atom is 0.311 e. The van der Waals surface area contributed by atoms with Gasteiger partial charge in [0, 0.05) is 12.4 Å². The molecule has 1 aliphatic rings. The summed E-state index contributed by atoms with van der Waals surface area (Å²) in [4.78, 5) is 19.0. The number of nitrogens with zero attached hydrogens (tertiary/aromatic N) is 2. The second-order valence-electron chi connectivity index (χ2n) is 3.82. The second-order valence-corrected chi connectivity index (χ2v) is 3.82. The molecule has 2 unspecified atom stereocenters. The average molecular weight is 223 g/mol. The molecule has 0 amide bonds. The SMILES string of the molecule is Cc1cnc(NC2COCC2C(=O)O)nc1. The molecular weight excluding hydrogens is 210 g/mol. The molecule has 1 saturated heterocycles. The van der Waals surface area contributed by atoms with E-state index >= 15 is 0 Å². The van der Waals surface area contributed by atoms with Gasteiger partial charge in [0.1, 0.15) is 5.92 Å². The molecule has 6 heteroatoms. The normalized spacial score (nSPS) is 24.3. The first-order valence-corrected chi connectivity index (χ1v) is 5.02. The molecule has 0 bridgehead atoms. The van der Waals surface area contributed by atoms with Crippen molar-refractivity contribution in [3.63, 3.8) is 0 Å². The van der Waals surface area contributed by atoms with E-state index in [9.17, 15) is 4.79 Å². The van der Waals surface area contributed by atoms with Crippen molar-refractivity contribution in [2.24, 2.45) is 5.92 Å². The van der Waals surface area contributed by atoms with Gasteiger partial charge in [0.05, 0.1) is 19.3 Å². The molecule has 2 heterocycles. The molecule has 1 aliphatic heterocycles. The monoisotopic (exact) mass is 223 g/mol. The van der Waals surface area contributed by atoms with Crippen LogP contribution in [0.2, 0.25) is 0 Å². The molecule has 1 aromatic rings. The Hall–Kier alpha value is -1.69. The standard InChI is InChI=1S/C10H13N3O3/c1-6-2-11-10(12-3-6)13-8-5-16-4-7(8)9(14)15/h2-3,7-8H,4-5H2,1H3,(H,14,15)(H,11,12,13). The van der Waals surface area contributed by atoms with Crippen molar-refractivity contribution in [3.8, 4) is 0 Å². The van der Waals surface area contributed by atoms with Crippen LogP contribution in [0.25, 0.3) is 0 Å². The molecule has 86 valence electrons. The minimum absolute atomic E-state index is 0.235. The quantitative estimate of drug-likeness (QED) is 0.766. The third-order valence-electron chi connectivity index (χ3n) is 2.49. The molecular formula is C10H13N3O3. The third kappa shape index (κ3) is 2.27. The summed E-state index contributed by atoms with van der Waals surface area (Å²) in [5.74, 6) is -0.959. The van der Waals surface area contributed by atoms with Crippen LogP contribution in [0.4, 0.5) is 5.95 Å². The van der Waals surface area contributed by atoms with Crippen LogP contribution >= 0.6 is 0 Å². The van der Waals surface area contributed by atoms with E-state index < -0.39 is 11.9 Å². The number of carbonyl (C=O) groups is 1. The maximum atomic E-state index is 10.9. The fourth-order valence-corrected chi connectivity index (χ4v) is 1.57. The Morgan fingerprint density at radius 1 is 1.50 bits per heavy atom. The summed E-state index contributed by atoms with van der Waals surface area (Å²) in [7, 11) is 0. The number of hydrogen-bond acceptors (Lipinski definition) is 5. The Balaban J connectivity index is 2.03. The Morgan fingerprint density at radius 2 is 2.19 bits per heavy atom. The van der Waals surface area contributed by atoms with Gasteiger partial charge in [-0.2, -0.15) is 0 Å². The van der Waals surface area contributed by atoms with Gasteiger partial charge in [-0.25, -0.2) is 9.97 Å². The van der Waals surface area contributed by atoms with Crippen LogP contribution in [0.15, 0.2) is 12.4 Å². The van der Waals surface area contributed by atoms with Gasteiger partial charge in [0.25, 0.3) is 0 Å². The van der Waals surface area contributed by atoms with Gasteiger partial charge in [0.2, 0.25) is 5.95 Å². The number of rotatable bonds is 3. The molecule has 0 aromatic carbocycles. The van der Waals surface area contributed by atoms with Crippen LogP contribution in [0, 0.1) is 12.8 Å². The van der Waals surface area contributed by atoms with Gasteiger partial charge in [-0.05, 0) is 12.5 Å². The van der Waals surface area contributed by atoms with Gasteiger partial charge in [-0.3, -0.25) is 4.79 Å². The maximum absolute atomic E-state index is 10.9. The van der Waals surface area contributed by atoms with Crippen LogP contribution < -0.4 is 5.32 Å². The molecule has 6 nitrogen and oxygen atoms in total. The minimum atomic E-state index is -0.859. The minimum Gasteiger partial charge on any atom is -0.481 e. The summed E-state index contributed by atoms with van der Waals surface area (Å²) in [5, 5.41) is 11.9. The smallest absolute Gasteiger partial charge is 0.311 e. The lowest BCUT2D eigenvalue weighted by Crippen LogP contribution is -2.33. The van der Waals surface area contributed by atoms with Gasteiger partial charge in [-0.15, -0.1) is 0 Å². The zero-order valence-electron chi connectivity index (χ0n) is 8.88. The van der Waals surface area contributed by atoms with Crippen molar-refractivity contribution in [1.29, 1.82) is 0 Å². The molecule has 0 saturated carbocycles. The zero-order valence-corrected chi connectivity index (χ0v) is 8.88. The third-order valence-corrected chi connectivity index (χ3v) is 2.49. The summed E-state index contributed by atoms with van der Waals surface area (Å²) in [6.07, 6.45) is 3.36. The van der Waals surface area contributed by atoms with E-state index in [1.165, 1.54) is 0 Å². The van der Waals surface area contributed by atoms with Crippen LogP contribution in [0.5, 0.6) is 0 Å². The highest BCUT2D eigenvalue weighted by Gasteiger charge is 2.34. The summed E-state index contributed by atoms with van der Waals surface area (Å²) < 4.78 is 5.13. The number of aliphatic carboxylic acids is 1. The van der Waals surface area contributed by atoms with Crippen molar-refractivity contribution in [2.45, 2.75) is 13.0 Å². The predicted octanol–water partition coefficient (Wildman–Crippen LogP) is 0.297. The first-order chi connectivity index (χ1) is 7.66. The van der Waals surface area contributed by atoms with E-state index in [-0.39, 0.29) is 12.6 Å². The van der Waals surface area contributed by atoms with Crippen LogP contribution in [0.3, 0.4) is 0 Å². The number of nitrogens with one attached hydrogen (secondary N) is 1. The Labute approximate surface area is 92.7 Å². The number of aromatic nitrogens is 2. The summed E-state index contributed by atoms with van der Waals surface area (Å²) >= 11 is 0. The predicted molar refractivity (Wildman–Crippen MR) is 56.1 cm³/mol. The van der Waals surface area contributed by atoms with E-state index in [1.54, 1.807) is 12.4 Å². The van der Waals surface area contributed by atoms with E-state index in [2.05, 4.69) is 15.3 Å². The van der Waals surface area contributed by atoms with E-state index in [0.29, 0.717) is 12.6 Å². The Morgan fingerprint density at radius 3 is 2.81 bits per heavy atom. The summed E-state index contributed by atoms with van der Waals surface area (Å²) in [5.41, 5.74) is 0.961. The number of carboxylic acids is 1. The first kappa shape index (κ1) is 10.8. The van der Waals surface area contributed by atoms with Gasteiger partial charge < -0.3 is 15.2 Å². The van der Waals surface area contributed by atoms with Crippen LogP contribution in [0.1, 0.15) is 5.56 Å². The van der Waals surface area contributed by atoms with Crippen molar-refractivity contribution >= 4 is 11.9 Å². The van der Waals surface area contributed by atoms with Crippen LogP contribution in [-0.2, 0) is 9.53 Å². The van der Waals surface area contributed by atoms with Crippen molar-refractivity contribution in [2.75, 3.05) is 18.5 Å².